The third-order valence-electron chi connectivity index (χ3n) is 4.14. The molecule has 0 unspecified atom stereocenters. The van der Waals surface area contributed by atoms with Gasteiger partial charge in [-0.15, -0.1) is 0 Å². The van der Waals surface area contributed by atoms with Gasteiger partial charge in [0.05, 0.1) is 5.52 Å². The van der Waals surface area contributed by atoms with Crippen LogP contribution in [-0.2, 0) is 20.2 Å². The van der Waals surface area contributed by atoms with Crippen molar-refractivity contribution in [1.29, 1.82) is 0 Å². The Morgan fingerprint density at radius 1 is 1.07 bits per heavy atom. The molecule has 3 aromatic rings. The highest BCUT2D eigenvalue weighted by atomic mass is 79.9. The number of rotatable bonds is 8. The van der Waals surface area contributed by atoms with Gasteiger partial charge in [-0.05, 0) is 23.8 Å². The smallest absolute Gasteiger partial charge is 0.337 e. The quantitative estimate of drug-likeness (QED) is 0.335. The molecule has 0 bridgehead atoms. The third-order valence-corrected chi connectivity index (χ3v) is 6.42. The summed E-state index contributed by atoms with van der Waals surface area (Å²) >= 11 is 3.40. The summed E-state index contributed by atoms with van der Waals surface area (Å²) in [7, 11) is -1.03. The van der Waals surface area contributed by atoms with Crippen molar-refractivity contribution in [3.8, 4) is 5.75 Å². The molecule has 8 heteroatoms. The zero-order chi connectivity index (χ0) is 20.1. The average Bonchev–Trinajstić information content (AvgIpc) is 2.72. The maximum absolute atomic E-state index is 12.9. The van der Waals surface area contributed by atoms with Crippen LogP contribution in [0.5, 0.6) is 5.75 Å². The molecule has 146 valence electrons. The summed E-state index contributed by atoms with van der Waals surface area (Å²) in [5, 5.41) is 0.824. The molecule has 0 spiro atoms. The number of ketones is 1. The molecule has 0 saturated heterocycles. The number of hydrogen-bond donors (Lipinski definition) is 0. The maximum atomic E-state index is 12.9. The summed E-state index contributed by atoms with van der Waals surface area (Å²) in [5.41, 5.74) is 1.67. The second kappa shape index (κ2) is 8.97. The lowest BCUT2D eigenvalue weighted by Crippen LogP contribution is -2.12. The van der Waals surface area contributed by atoms with E-state index in [0.717, 1.165) is 15.4 Å². The van der Waals surface area contributed by atoms with E-state index < -0.39 is 19.5 Å². The van der Waals surface area contributed by atoms with Gasteiger partial charge in [-0.1, -0.05) is 52.3 Å². The third kappa shape index (κ3) is 4.86. The van der Waals surface area contributed by atoms with Crippen LogP contribution in [0.25, 0.3) is 10.9 Å². The first kappa shape index (κ1) is 20.7. The van der Waals surface area contributed by atoms with E-state index in [2.05, 4.69) is 20.9 Å². The molecule has 0 aliphatic rings. The van der Waals surface area contributed by atoms with Crippen molar-refractivity contribution in [2.24, 2.45) is 0 Å². The van der Waals surface area contributed by atoms with E-state index in [1.807, 2.05) is 42.5 Å². The molecule has 1 heterocycles. The predicted octanol–water partition coefficient (Wildman–Crippen LogP) is 5.24. The number of carbonyl (C=O) groups is 1. The molecular weight excluding hydrogens is 445 g/mol. The Kier molecular flexibility index (Phi) is 6.62. The van der Waals surface area contributed by atoms with Crippen LogP contribution < -0.4 is 4.74 Å². The molecule has 0 atom stereocenters. The monoisotopic (exact) mass is 463 g/mol. The van der Waals surface area contributed by atoms with Crippen molar-refractivity contribution < 1.29 is 23.1 Å². The minimum Gasteiger partial charge on any atom is -0.486 e. The molecule has 0 saturated carbocycles. The molecule has 2 aromatic carbocycles. The first-order chi connectivity index (χ1) is 13.4. The van der Waals surface area contributed by atoms with Crippen molar-refractivity contribution >= 4 is 40.2 Å². The minimum absolute atomic E-state index is 0.0934. The standard InChI is InChI=1S/C20H19BrNO5P/c1-25-28(24,26-2)13-18(23)20-19(27-12-14-6-4-3-5-7-14)10-15-8-9-16(21)11-17(15)22-20/h3-11H,12-13H2,1-2H3. The Hall–Kier alpha value is -2.05. The van der Waals surface area contributed by atoms with E-state index in [-0.39, 0.29) is 12.3 Å². The maximum Gasteiger partial charge on any atom is 0.337 e. The number of carbonyl (C=O) groups excluding carboxylic acids is 1. The van der Waals surface area contributed by atoms with Crippen LogP contribution in [0.1, 0.15) is 16.1 Å². The normalized spacial score (nSPS) is 11.5. The lowest BCUT2D eigenvalue weighted by molar-refractivity contribution is 0.0999. The van der Waals surface area contributed by atoms with Gasteiger partial charge in [0, 0.05) is 24.1 Å². The molecule has 6 nitrogen and oxygen atoms in total. The number of aromatic nitrogens is 1. The summed E-state index contributed by atoms with van der Waals surface area (Å²) in [5.74, 6) is -0.153. The Labute approximate surface area is 171 Å². The number of benzene rings is 2. The van der Waals surface area contributed by atoms with Crippen LogP contribution in [0, 0.1) is 0 Å². The van der Waals surface area contributed by atoms with Gasteiger partial charge < -0.3 is 13.8 Å². The fraction of sp³-hybridized carbons (Fsp3) is 0.200. The molecule has 28 heavy (non-hydrogen) atoms. The summed E-state index contributed by atoms with van der Waals surface area (Å²) < 4.78 is 28.9. The van der Waals surface area contributed by atoms with Crippen molar-refractivity contribution in [3.63, 3.8) is 0 Å². The second-order valence-electron chi connectivity index (χ2n) is 6.00. The van der Waals surface area contributed by atoms with E-state index in [4.69, 9.17) is 13.8 Å². The van der Waals surface area contributed by atoms with Crippen molar-refractivity contribution in [1.82, 2.24) is 4.98 Å². The molecule has 0 radical (unpaired) electrons. The summed E-state index contributed by atoms with van der Waals surface area (Å²) in [6.07, 6.45) is -0.422. The van der Waals surface area contributed by atoms with Crippen molar-refractivity contribution in [3.05, 3.63) is 70.3 Å². The van der Waals surface area contributed by atoms with Gasteiger partial charge in [0.2, 0.25) is 0 Å². The number of Topliss-reactive ketones (excluding diaryl/α,β-unsaturated/α-hetero) is 1. The Morgan fingerprint density at radius 3 is 2.46 bits per heavy atom. The zero-order valence-electron chi connectivity index (χ0n) is 15.4. The van der Waals surface area contributed by atoms with Crippen LogP contribution in [0.4, 0.5) is 0 Å². The highest BCUT2D eigenvalue weighted by Crippen LogP contribution is 2.47. The molecule has 0 aliphatic carbocycles. The Morgan fingerprint density at radius 2 is 1.79 bits per heavy atom. The van der Waals surface area contributed by atoms with E-state index in [9.17, 15) is 9.36 Å². The van der Waals surface area contributed by atoms with Gasteiger partial charge in [0.25, 0.3) is 0 Å². The topological polar surface area (TPSA) is 74.7 Å². The van der Waals surface area contributed by atoms with E-state index in [0.29, 0.717) is 11.3 Å². The van der Waals surface area contributed by atoms with Gasteiger partial charge >= 0.3 is 7.60 Å². The highest BCUT2D eigenvalue weighted by molar-refractivity contribution is 9.10. The molecule has 0 amide bonds. The molecule has 3 rings (SSSR count). The molecule has 0 fully saturated rings. The average molecular weight is 464 g/mol. The molecule has 0 aliphatic heterocycles. The van der Waals surface area contributed by atoms with Crippen LogP contribution in [0.3, 0.4) is 0 Å². The largest absolute Gasteiger partial charge is 0.486 e. The Balaban J connectivity index is 1.99. The lowest BCUT2D eigenvalue weighted by Gasteiger charge is -2.15. The van der Waals surface area contributed by atoms with Crippen molar-refractivity contribution in [2.75, 3.05) is 20.4 Å². The van der Waals surface area contributed by atoms with Gasteiger partial charge in [0.15, 0.2) is 5.78 Å². The summed E-state index contributed by atoms with van der Waals surface area (Å²) in [4.78, 5) is 17.3. The minimum atomic E-state index is -3.52. The predicted molar refractivity (Wildman–Crippen MR) is 111 cm³/mol. The van der Waals surface area contributed by atoms with E-state index in [1.165, 1.54) is 14.2 Å². The van der Waals surface area contributed by atoms with Crippen LogP contribution in [-0.4, -0.2) is 31.1 Å². The SMILES string of the molecule is COP(=O)(CC(=O)c1nc2cc(Br)ccc2cc1OCc1ccccc1)OC. The molecule has 0 N–H and O–H groups in total. The molecule has 1 aromatic heterocycles. The van der Waals surface area contributed by atoms with Gasteiger partial charge in [-0.2, -0.15) is 0 Å². The summed E-state index contributed by atoms with van der Waals surface area (Å²) in [6.45, 7) is 0.275. The van der Waals surface area contributed by atoms with Gasteiger partial charge in [-0.3, -0.25) is 9.36 Å². The number of halogens is 1. The van der Waals surface area contributed by atoms with Crippen LogP contribution in [0.2, 0.25) is 0 Å². The van der Waals surface area contributed by atoms with Gasteiger partial charge in [0.1, 0.15) is 24.2 Å². The highest BCUT2D eigenvalue weighted by Gasteiger charge is 2.29. The molecular formula is C20H19BrNO5P. The van der Waals surface area contributed by atoms with Crippen LogP contribution in [0.15, 0.2) is 59.1 Å². The van der Waals surface area contributed by atoms with E-state index >= 15 is 0 Å². The number of pyridine rings is 1. The van der Waals surface area contributed by atoms with Gasteiger partial charge in [-0.25, -0.2) is 4.98 Å². The second-order valence-corrected chi connectivity index (χ2v) is 9.19. The van der Waals surface area contributed by atoms with Crippen molar-refractivity contribution in [2.45, 2.75) is 6.61 Å². The Bertz CT molecular complexity index is 1030. The lowest BCUT2D eigenvalue weighted by atomic mass is 10.1. The number of hydrogen-bond acceptors (Lipinski definition) is 6. The van der Waals surface area contributed by atoms with Crippen LogP contribution >= 0.6 is 23.5 Å². The first-order valence-electron chi connectivity index (χ1n) is 8.45. The zero-order valence-corrected chi connectivity index (χ0v) is 17.9. The fourth-order valence-electron chi connectivity index (χ4n) is 2.62. The fourth-order valence-corrected chi connectivity index (χ4v) is 3.88. The first-order valence-corrected chi connectivity index (χ1v) is 11.0. The number of nitrogens with zero attached hydrogens (tertiary/aromatic N) is 1. The number of ether oxygens (including phenoxy) is 1. The van der Waals surface area contributed by atoms with E-state index in [1.54, 1.807) is 12.1 Å². The summed E-state index contributed by atoms with van der Waals surface area (Å²) in [6, 6.07) is 16.9. The number of fused-ring (bicyclic) bond motifs is 1.